The number of rotatable bonds is 8. The average Bonchev–Trinajstić information content (AvgIpc) is 4.16. The molecule has 0 saturated heterocycles. The number of hydrogen-bond acceptors (Lipinski definition) is 3. The lowest BCUT2D eigenvalue weighted by Gasteiger charge is -2.12. The molecule has 14 rings (SSSR count). The van der Waals surface area contributed by atoms with Crippen molar-refractivity contribution in [2.75, 3.05) is 0 Å². The van der Waals surface area contributed by atoms with E-state index in [-0.39, 0.29) is 0 Å². The Morgan fingerprint density at radius 1 is 0.300 bits per heavy atom. The predicted molar refractivity (Wildman–Crippen MR) is 290 cm³/mol. The summed E-state index contributed by atoms with van der Waals surface area (Å²) in [5.74, 6) is 0.708. The van der Waals surface area contributed by atoms with Gasteiger partial charge in [0.2, 0.25) is 0 Å². The quantitative estimate of drug-likeness (QED) is 0.153. The van der Waals surface area contributed by atoms with Crippen molar-refractivity contribution in [2.24, 2.45) is 0 Å². The van der Waals surface area contributed by atoms with Crippen LogP contribution in [-0.4, -0.2) is 14.4 Å². The smallest absolute Gasteiger partial charge is 0.160 e. The first kappa shape index (κ1) is 39.8. The lowest BCUT2D eigenvalue weighted by atomic mass is 9.94. The molecule has 70 heavy (non-hydrogen) atoms. The summed E-state index contributed by atoms with van der Waals surface area (Å²) in [7, 11) is 0. The van der Waals surface area contributed by atoms with Gasteiger partial charge in [0, 0.05) is 49.2 Å². The molecular weight excluding hydrogens is 851 g/mol. The van der Waals surface area contributed by atoms with E-state index in [4.69, 9.17) is 14.4 Å². The highest BCUT2D eigenvalue weighted by Gasteiger charge is 2.20. The Morgan fingerprint density at radius 3 is 1.33 bits per heavy atom. The SMILES string of the molecule is c1ccc(-c2cc(-c3cccc(-c4cccc(-c5cccc(-c6cccc(-c7ccc8c9cccc%10c%11ccc(-c%12cccc%13ccoc%12%13)cc%11n(c8c7)c9%10)c6)c5)c4)c3)nc(-c3ccccc3)n2)cc1. The Bertz CT molecular complexity index is 4240. The van der Waals surface area contributed by atoms with Crippen LogP contribution < -0.4 is 0 Å². The largest absolute Gasteiger partial charge is 0.464 e. The van der Waals surface area contributed by atoms with Gasteiger partial charge in [-0.05, 0) is 98.6 Å². The van der Waals surface area contributed by atoms with Crippen molar-refractivity contribution < 1.29 is 4.42 Å². The molecule has 4 aromatic heterocycles. The van der Waals surface area contributed by atoms with E-state index in [1.807, 2.05) is 30.3 Å². The van der Waals surface area contributed by atoms with E-state index in [0.717, 1.165) is 72.4 Å². The molecule has 0 amide bonds. The summed E-state index contributed by atoms with van der Waals surface area (Å²) in [6.07, 6.45) is 1.78. The Hall–Kier alpha value is -9.38. The summed E-state index contributed by atoms with van der Waals surface area (Å²) in [6.45, 7) is 0. The summed E-state index contributed by atoms with van der Waals surface area (Å²) in [5.41, 5.74) is 21.0. The Kier molecular flexibility index (Phi) is 9.17. The van der Waals surface area contributed by atoms with Gasteiger partial charge < -0.3 is 8.82 Å². The molecule has 0 saturated carbocycles. The summed E-state index contributed by atoms with van der Waals surface area (Å²) >= 11 is 0. The third kappa shape index (κ3) is 6.69. The second kappa shape index (κ2) is 16.2. The molecule has 4 nitrogen and oxygen atoms in total. The summed E-state index contributed by atoms with van der Waals surface area (Å²) < 4.78 is 8.46. The molecule has 14 aromatic rings. The third-order valence-corrected chi connectivity index (χ3v) is 14.0. The fourth-order valence-electron chi connectivity index (χ4n) is 10.6. The van der Waals surface area contributed by atoms with Crippen LogP contribution in [-0.2, 0) is 0 Å². The molecule has 4 heterocycles. The predicted octanol–water partition coefficient (Wildman–Crippen LogP) is 17.7. The van der Waals surface area contributed by atoms with Crippen LogP contribution in [0, 0.1) is 0 Å². The molecule has 0 radical (unpaired) electrons. The maximum atomic E-state index is 5.99. The van der Waals surface area contributed by atoms with Crippen LogP contribution in [0.1, 0.15) is 0 Å². The minimum absolute atomic E-state index is 0.708. The minimum atomic E-state index is 0.708. The van der Waals surface area contributed by atoms with Crippen molar-refractivity contribution >= 4 is 49.1 Å². The third-order valence-electron chi connectivity index (χ3n) is 14.0. The highest BCUT2D eigenvalue weighted by atomic mass is 16.3. The molecule has 0 fully saturated rings. The second-order valence-electron chi connectivity index (χ2n) is 18.2. The van der Waals surface area contributed by atoms with Crippen molar-refractivity contribution in [1.29, 1.82) is 0 Å². The van der Waals surface area contributed by atoms with Crippen LogP contribution in [0.4, 0.5) is 0 Å². The first-order valence-electron chi connectivity index (χ1n) is 23.8. The van der Waals surface area contributed by atoms with Crippen LogP contribution >= 0.6 is 0 Å². The molecule has 0 bridgehead atoms. The highest BCUT2D eigenvalue weighted by Crippen LogP contribution is 2.43. The second-order valence-corrected chi connectivity index (χ2v) is 18.2. The van der Waals surface area contributed by atoms with Crippen molar-refractivity contribution in [3.8, 4) is 89.5 Å². The van der Waals surface area contributed by atoms with Gasteiger partial charge in [0.05, 0.1) is 34.2 Å². The van der Waals surface area contributed by atoms with Crippen molar-refractivity contribution in [3.63, 3.8) is 0 Å². The number of para-hydroxylation sites is 2. The van der Waals surface area contributed by atoms with Crippen molar-refractivity contribution in [2.45, 2.75) is 0 Å². The Labute approximate surface area is 404 Å². The van der Waals surface area contributed by atoms with E-state index < -0.39 is 0 Å². The first-order valence-corrected chi connectivity index (χ1v) is 23.8. The molecule has 4 heteroatoms. The van der Waals surface area contributed by atoms with Gasteiger partial charge in [-0.15, -0.1) is 0 Å². The number of aromatic nitrogens is 3. The van der Waals surface area contributed by atoms with E-state index in [9.17, 15) is 0 Å². The van der Waals surface area contributed by atoms with E-state index in [2.05, 4.69) is 217 Å². The van der Waals surface area contributed by atoms with Crippen LogP contribution in [0.2, 0.25) is 0 Å². The van der Waals surface area contributed by atoms with Crippen molar-refractivity contribution in [3.05, 3.63) is 249 Å². The van der Waals surface area contributed by atoms with Crippen LogP contribution in [0.15, 0.2) is 253 Å². The van der Waals surface area contributed by atoms with Crippen LogP contribution in [0.25, 0.3) is 139 Å². The lowest BCUT2D eigenvalue weighted by molar-refractivity contribution is 0.617. The summed E-state index contributed by atoms with van der Waals surface area (Å²) in [5, 5.41) is 6.16. The number of nitrogens with zero attached hydrogens (tertiary/aromatic N) is 3. The van der Waals surface area contributed by atoms with E-state index in [1.54, 1.807) is 6.26 Å². The van der Waals surface area contributed by atoms with Gasteiger partial charge >= 0.3 is 0 Å². The molecule has 0 N–H and O–H groups in total. The highest BCUT2D eigenvalue weighted by molar-refractivity contribution is 6.24. The molecule has 0 spiro atoms. The maximum Gasteiger partial charge on any atom is 0.160 e. The molecule has 326 valence electrons. The molecule has 10 aromatic carbocycles. The van der Waals surface area contributed by atoms with Crippen LogP contribution in [0.5, 0.6) is 0 Å². The number of furan rings is 1. The number of benzene rings is 10. The lowest BCUT2D eigenvalue weighted by Crippen LogP contribution is -1.96. The Balaban J connectivity index is 0.802. The fraction of sp³-hybridized carbons (Fsp3) is 0. The summed E-state index contributed by atoms with van der Waals surface area (Å²) in [6, 6.07) is 87.0. The number of fused-ring (bicyclic) bond motifs is 7. The molecule has 0 unspecified atom stereocenters. The zero-order valence-electron chi connectivity index (χ0n) is 37.9. The molecule has 0 atom stereocenters. The zero-order valence-corrected chi connectivity index (χ0v) is 37.9. The first-order chi connectivity index (χ1) is 34.7. The van der Waals surface area contributed by atoms with E-state index in [1.165, 1.54) is 60.3 Å². The maximum absolute atomic E-state index is 5.99. The fourth-order valence-corrected chi connectivity index (χ4v) is 10.6. The average molecular weight is 892 g/mol. The van der Waals surface area contributed by atoms with Gasteiger partial charge in [-0.25, -0.2) is 9.97 Å². The van der Waals surface area contributed by atoms with Gasteiger partial charge in [-0.1, -0.05) is 194 Å². The molecule has 0 aliphatic rings. The van der Waals surface area contributed by atoms with Gasteiger partial charge in [-0.3, -0.25) is 0 Å². The van der Waals surface area contributed by atoms with Crippen molar-refractivity contribution in [1.82, 2.24) is 14.4 Å². The van der Waals surface area contributed by atoms with Gasteiger partial charge in [0.25, 0.3) is 0 Å². The summed E-state index contributed by atoms with van der Waals surface area (Å²) in [4.78, 5) is 10.1. The van der Waals surface area contributed by atoms with Crippen LogP contribution in [0.3, 0.4) is 0 Å². The molecular formula is C66H41N3O. The normalized spacial score (nSPS) is 11.7. The number of hydrogen-bond donors (Lipinski definition) is 0. The minimum Gasteiger partial charge on any atom is -0.464 e. The molecule has 0 aliphatic carbocycles. The zero-order chi connectivity index (χ0) is 46.1. The topological polar surface area (TPSA) is 43.3 Å². The van der Waals surface area contributed by atoms with Gasteiger partial charge in [-0.2, -0.15) is 0 Å². The van der Waals surface area contributed by atoms with E-state index >= 15 is 0 Å². The van der Waals surface area contributed by atoms with E-state index in [0.29, 0.717) is 5.82 Å². The Morgan fingerprint density at radius 2 is 0.743 bits per heavy atom. The monoisotopic (exact) mass is 891 g/mol. The van der Waals surface area contributed by atoms with Gasteiger partial charge in [0.1, 0.15) is 5.58 Å². The standard InChI is InChI=1S/C66H41N3O/c1-3-13-42(14-4-1)60-41-61(68-66(67-60)44-15-5-2-6-16-44)54-25-10-24-51(38-54)49-22-8-20-47(36-49)45-18-7-19-46(35-45)48-21-9-23-50(37-48)52-29-31-56-58-27-12-28-59-57-32-30-53(40-63(57)69(64(58)59)62(56)39-52)55-26-11-17-43-33-34-70-65(43)55/h1-41H. The van der Waals surface area contributed by atoms with Gasteiger partial charge in [0.15, 0.2) is 5.82 Å². The molecule has 0 aliphatic heterocycles.